The van der Waals surface area contributed by atoms with Gasteiger partial charge in [-0.2, -0.15) is 0 Å². The summed E-state index contributed by atoms with van der Waals surface area (Å²) >= 11 is 0. The average molecular weight is 620 g/mol. The van der Waals surface area contributed by atoms with Crippen LogP contribution in [0.2, 0.25) is 0 Å². The first-order chi connectivity index (χ1) is 22.1. The van der Waals surface area contributed by atoms with Gasteiger partial charge in [0.2, 0.25) is 0 Å². The number of aliphatic hydroxyl groups is 2. The highest BCUT2D eigenvalue weighted by atomic mass is 16.8. The predicted molar refractivity (Wildman–Crippen MR) is 159 cm³/mol. The van der Waals surface area contributed by atoms with Gasteiger partial charge in [-0.25, -0.2) is 0 Å². The Kier molecular flexibility index (Phi) is 10.7. The Morgan fingerprint density at radius 1 is 0.733 bits per heavy atom. The normalized spacial score (nSPS) is 32.6. The van der Waals surface area contributed by atoms with Crippen molar-refractivity contribution in [3.8, 4) is 0 Å². The Morgan fingerprint density at radius 2 is 1.27 bits per heavy atom. The Hall–Kier alpha value is -3.39. The summed E-state index contributed by atoms with van der Waals surface area (Å²) < 4.78 is 43.4. The number of aliphatic hydroxyl groups excluding tert-OH is 2. The van der Waals surface area contributed by atoms with E-state index in [-0.39, 0.29) is 26.4 Å². The van der Waals surface area contributed by atoms with E-state index in [2.05, 4.69) is 10.0 Å². The number of rotatable bonds is 13. The highest BCUT2D eigenvalue weighted by molar-refractivity contribution is 5.15. The minimum atomic E-state index is -1.23. The molecule has 0 radical (unpaired) electrons. The van der Waals surface area contributed by atoms with Gasteiger partial charge >= 0.3 is 0 Å². The van der Waals surface area contributed by atoms with Gasteiger partial charge in [-0.15, -0.1) is 0 Å². The molecule has 3 saturated heterocycles. The van der Waals surface area contributed by atoms with Crippen LogP contribution in [-0.2, 0) is 53.0 Å². The molecule has 0 amide bonds. The van der Waals surface area contributed by atoms with Gasteiger partial charge in [0.1, 0.15) is 48.8 Å². The van der Waals surface area contributed by atoms with Gasteiger partial charge in [-0.05, 0) is 22.2 Å². The first-order valence-electron chi connectivity index (χ1n) is 15.0. The monoisotopic (exact) mass is 619 g/mol. The third-order valence-electron chi connectivity index (χ3n) is 8.17. The molecule has 6 rings (SSSR count). The number of ether oxygens (including phenoxy) is 7. The second kappa shape index (κ2) is 15.3. The maximum absolute atomic E-state index is 11.7. The zero-order valence-corrected chi connectivity index (χ0v) is 24.6. The van der Waals surface area contributed by atoms with Gasteiger partial charge in [-0.3, -0.25) is 0 Å². The van der Waals surface area contributed by atoms with E-state index in [0.29, 0.717) is 0 Å². The van der Waals surface area contributed by atoms with Crippen molar-refractivity contribution >= 4 is 0 Å². The molecule has 10 atom stereocenters. The zero-order valence-electron chi connectivity index (χ0n) is 24.6. The van der Waals surface area contributed by atoms with E-state index in [4.69, 9.17) is 33.2 Å². The molecule has 0 unspecified atom stereocenters. The molecule has 3 aromatic rings. The lowest BCUT2D eigenvalue weighted by Crippen LogP contribution is -2.64. The van der Waals surface area contributed by atoms with Gasteiger partial charge in [0.05, 0.1) is 33.0 Å². The summed E-state index contributed by atoms with van der Waals surface area (Å²) in [6.07, 6.45) is -8.25. The van der Waals surface area contributed by atoms with Crippen LogP contribution in [-0.4, -0.2) is 84.8 Å². The molecular formula is C33H37N3O9. The molecule has 12 nitrogen and oxygen atoms in total. The highest BCUT2D eigenvalue weighted by Crippen LogP contribution is 2.37. The van der Waals surface area contributed by atoms with Crippen molar-refractivity contribution in [2.75, 3.05) is 13.2 Å². The summed E-state index contributed by atoms with van der Waals surface area (Å²) in [7, 11) is 0. The fraction of sp³-hybridized carbons (Fsp3) is 0.455. The van der Waals surface area contributed by atoms with Gasteiger partial charge in [0, 0.05) is 4.91 Å². The van der Waals surface area contributed by atoms with Crippen molar-refractivity contribution in [2.24, 2.45) is 5.11 Å². The fourth-order valence-corrected chi connectivity index (χ4v) is 5.88. The average Bonchev–Trinajstić information content (AvgIpc) is 3.52. The van der Waals surface area contributed by atoms with E-state index in [0.717, 1.165) is 16.7 Å². The molecule has 0 aliphatic carbocycles. The number of hydrogen-bond donors (Lipinski definition) is 2. The SMILES string of the molecule is [N-]=[N+]=N[C@H]1[C@@H]2OC[C@@H](O2)[C@@H](O[C@@H]2O[C@H](CO)[C@H](OCc3ccccc3)[C@H](O)[C@H]2OCc2ccccc2)[C@@H]1OCc1ccccc1. The van der Waals surface area contributed by atoms with Crippen LogP contribution in [0.1, 0.15) is 16.7 Å². The van der Waals surface area contributed by atoms with Gasteiger partial charge in [0.25, 0.3) is 0 Å². The molecule has 0 aromatic heterocycles. The first-order valence-corrected chi connectivity index (χ1v) is 15.0. The molecule has 12 heteroatoms. The molecule has 238 valence electrons. The molecule has 45 heavy (non-hydrogen) atoms. The lowest BCUT2D eigenvalue weighted by atomic mass is 9.96. The van der Waals surface area contributed by atoms with Crippen LogP contribution < -0.4 is 0 Å². The van der Waals surface area contributed by atoms with Crippen LogP contribution in [0, 0.1) is 0 Å². The van der Waals surface area contributed by atoms with Crippen LogP contribution in [0.5, 0.6) is 0 Å². The van der Waals surface area contributed by atoms with Crippen LogP contribution in [0.15, 0.2) is 96.1 Å². The van der Waals surface area contributed by atoms with E-state index >= 15 is 0 Å². The molecule has 3 aliphatic rings. The molecule has 3 heterocycles. The van der Waals surface area contributed by atoms with Gasteiger partial charge in [-0.1, -0.05) is 96.1 Å². The molecule has 3 aliphatic heterocycles. The first kappa shape index (κ1) is 31.6. The maximum atomic E-state index is 11.7. The summed E-state index contributed by atoms with van der Waals surface area (Å²) in [5, 5.41) is 26.0. The molecular weight excluding hydrogens is 582 g/mol. The number of azide groups is 1. The van der Waals surface area contributed by atoms with Crippen LogP contribution >= 0.6 is 0 Å². The smallest absolute Gasteiger partial charge is 0.187 e. The largest absolute Gasteiger partial charge is 0.394 e. The van der Waals surface area contributed by atoms with E-state index in [1.165, 1.54) is 0 Å². The summed E-state index contributed by atoms with van der Waals surface area (Å²) in [5.41, 5.74) is 12.1. The quantitative estimate of drug-likeness (QED) is 0.166. The number of nitrogens with zero attached hydrogens (tertiary/aromatic N) is 3. The summed E-state index contributed by atoms with van der Waals surface area (Å²) in [6.45, 7) is 0.312. The van der Waals surface area contributed by atoms with Crippen molar-refractivity contribution in [2.45, 2.75) is 81.2 Å². The standard InChI is InChI=1S/C33H37N3O9/c34-36-35-26-30(40-18-22-12-6-2-7-13-22)29(25-20-42-32(26)44-25)45-33-31(41-19-23-14-8-3-9-15-23)27(38)28(24(16-37)43-33)39-17-21-10-4-1-5-11-21/h1-15,24-33,37-38H,16-20H2/t24-,25-,26-,27+,28+,29-,30-,31-,32-,33+/m1/s1. The Balaban J connectivity index is 1.25. The topological polar surface area (TPSA) is 154 Å². The summed E-state index contributed by atoms with van der Waals surface area (Å²) in [5.74, 6) is 0. The van der Waals surface area contributed by atoms with Crippen molar-refractivity contribution in [1.29, 1.82) is 0 Å². The van der Waals surface area contributed by atoms with Gasteiger partial charge < -0.3 is 43.4 Å². The minimum absolute atomic E-state index is 0.159. The summed E-state index contributed by atoms with van der Waals surface area (Å²) in [6, 6.07) is 27.8. The molecule has 3 aromatic carbocycles. The molecule has 0 saturated carbocycles. The van der Waals surface area contributed by atoms with Gasteiger partial charge in [0.15, 0.2) is 12.6 Å². The predicted octanol–water partition coefficient (Wildman–Crippen LogP) is 3.64. The van der Waals surface area contributed by atoms with E-state index in [9.17, 15) is 15.7 Å². The van der Waals surface area contributed by atoms with E-state index < -0.39 is 68.0 Å². The minimum Gasteiger partial charge on any atom is -0.394 e. The van der Waals surface area contributed by atoms with Crippen LogP contribution in [0.25, 0.3) is 10.4 Å². The molecule has 2 N–H and O–H groups in total. The third-order valence-corrected chi connectivity index (χ3v) is 8.17. The van der Waals surface area contributed by atoms with Crippen LogP contribution in [0.4, 0.5) is 0 Å². The van der Waals surface area contributed by atoms with Crippen molar-refractivity contribution in [1.82, 2.24) is 0 Å². The van der Waals surface area contributed by atoms with Crippen molar-refractivity contribution in [3.63, 3.8) is 0 Å². The molecule has 3 fully saturated rings. The maximum Gasteiger partial charge on any atom is 0.187 e. The second-order valence-electron chi connectivity index (χ2n) is 11.2. The van der Waals surface area contributed by atoms with Crippen molar-refractivity contribution in [3.05, 3.63) is 118 Å². The zero-order chi connectivity index (χ0) is 31.0. The Bertz CT molecular complexity index is 1380. The highest BCUT2D eigenvalue weighted by Gasteiger charge is 2.55. The van der Waals surface area contributed by atoms with Crippen molar-refractivity contribution < 1.29 is 43.4 Å². The number of benzene rings is 3. The number of hydrogen-bond acceptors (Lipinski definition) is 10. The Labute approximate surface area is 261 Å². The second-order valence-corrected chi connectivity index (χ2v) is 11.2. The third kappa shape index (κ3) is 7.54. The van der Waals surface area contributed by atoms with E-state index in [1.807, 2.05) is 91.0 Å². The molecule has 0 spiro atoms. The van der Waals surface area contributed by atoms with E-state index in [1.54, 1.807) is 0 Å². The van der Waals surface area contributed by atoms with Crippen LogP contribution in [0.3, 0.4) is 0 Å². The fourth-order valence-electron chi connectivity index (χ4n) is 5.88. The lowest BCUT2D eigenvalue weighted by molar-refractivity contribution is -0.345. The Morgan fingerprint density at radius 3 is 1.80 bits per heavy atom. The number of fused-ring (bicyclic) bond motifs is 2. The molecule has 2 bridgehead atoms. The summed E-state index contributed by atoms with van der Waals surface area (Å²) in [4.78, 5) is 3.02. The lowest BCUT2D eigenvalue weighted by Gasteiger charge is -2.46.